The Bertz CT molecular complexity index is 1440. The molecule has 39 heavy (non-hydrogen) atoms. The molecule has 5 rings (SSSR count). The van der Waals surface area contributed by atoms with Gasteiger partial charge in [0.05, 0.1) is 42.5 Å². The maximum Gasteiger partial charge on any atom is 0.319 e. The van der Waals surface area contributed by atoms with E-state index in [0.29, 0.717) is 43.4 Å². The van der Waals surface area contributed by atoms with Crippen molar-refractivity contribution in [2.75, 3.05) is 43.1 Å². The largest absolute Gasteiger partial charge is 0.395 e. The van der Waals surface area contributed by atoms with Crippen LogP contribution in [-0.2, 0) is 14.6 Å². The summed E-state index contributed by atoms with van der Waals surface area (Å²) in [6, 6.07) is 8.73. The highest BCUT2D eigenvalue weighted by Crippen LogP contribution is 2.49. The molecule has 2 amide bonds. The minimum atomic E-state index is -3.56. The molecule has 208 valence electrons. The Hall–Kier alpha value is -3.13. The van der Waals surface area contributed by atoms with Gasteiger partial charge in [0.1, 0.15) is 5.82 Å². The van der Waals surface area contributed by atoms with Gasteiger partial charge in [-0.15, -0.1) is 11.3 Å². The Morgan fingerprint density at radius 2 is 1.97 bits per heavy atom. The van der Waals surface area contributed by atoms with Crippen LogP contribution in [0.5, 0.6) is 0 Å². The molecule has 3 atom stereocenters. The second kappa shape index (κ2) is 11.2. The van der Waals surface area contributed by atoms with Crippen molar-refractivity contribution in [1.82, 2.24) is 20.3 Å². The SMILES string of the molecule is Cc1nc(S(=O)(=O)C2CC2c2cc(N3CCOC[C@@H]3C)nc(-c3ccc(NC(=O)NCCO)cc3)n2)sc1C. The van der Waals surface area contributed by atoms with Crippen LogP contribution < -0.4 is 15.5 Å². The van der Waals surface area contributed by atoms with E-state index in [1.807, 2.05) is 32.0 Å². The first-order valence-corrected chi connectivity index (χ1v) is 15.2. The van der Waals surface area contributed by atoms with Crippen LogP contribution in [0.15, 0.2) is 34.7 Å². The lowest BCUT2D eigenvalue weighted by atomic mass is 10.1. The molecule has 1 aliphatic heterocycles. The molecule has 3 aromatic rings. The van der Waals surface area contributed by atoms with E-state index in [4.69, 9.17) is 19.8 Å². The molecule has 1 aromatic carbocycles. The highest BCUT2D eigenvalue weighted by Gasteiger charge is 2.51. The Kier molecular flexibility index (Phi) is 7.85. The van der Waals surface area contributed by atoms with Crippen molar-refractivity contribution in [3.05, 3.63) is 46.6 Å². The number of urea groups is 1. The van der Waals surface area contributed by atoms with Gasteiger partial charge in [-0.25, -0.2) is 28.2 Å². The molecule has 3 N–H and O–H groups in total. The lowest BCUT2D eigenvalue weighted by Gasteiger charge is -2.34. The second-order valence-corrected chi connectivity index (χ2v) is 13.4. The Labute approximate surface area is 231 Å². The standard InChI is InChI=1S/C26H32N6O5S2/c1-15-14-37-11-9-32(15)23-13-21(20-12-22(20)39(35,36)26-28-16(2)17(3)38-26)30-24(31-23)18-4-6-19(7-5-18)29-25(34)27-8-10-33/h4-7,13,15,20,22,33H,8-12,14H2,1-3H3,(H2,27,29,34)/t15-,20?,22?/m0/s1. The number of nitrogens with one attached hydrogen (secondary N) is 2. The van der Waals surface area contributed by atoms with Gasteiger partial charge in [0, 0.05) is 41.2 Å². The van der Waals surface area contributed by atoms with E-state index in [2.05, 4.69) is 27.4 Å². The summed E-state index contributed by atoms with van der Waals surface area (Å²) in [5.41, 5.74) is 2.76. The number of amides is 2. The number of hydrogen-bond acceptors (Lipinski definition) is 10. The van der Waals surface area contributed by atoms with Gasteiger partial charge in [-0.3, -0.25) is 0 Å². The van der Waals surface area contributed by atoms with Crippen molar-refractivity contribution >= 4 is 38.7 Å². The third-order valence-corrected chi connectivity index (χ3v) is 10.7. The first kappa shape index (κ1) is 27.4. The fraction of sp³-hybridized carbons (Fsp3) is 0.462. The number of rotatable bonds is 8. The number of carbonyl (C=O) groups excluding carboxylic acids is 1. The zero-order valence-electron chi connectivity index (χ0n) is 22.0. The third kappa shape index (κ3) is 5.91. The summed E-state index contributed by atoms with van der Waals surface area (Å²) in [4.78, 5) is 29.0. The van der Waals surface area contributed by atoms with E-state index in [1.54, 1.807) is 12.1 Å². The van der Waals surface area contributed by atoms with Gasteiger partial charge in [-0.05, 0) is 51.5 Å². The number of aryl methyl sites for hydroxylation is 2. The zero-order valence-corrected chi connectivity index (χ0v) is 23.7. The van der Waals surface area contributed by atoms with Gasteiger partial charge in [0.2, 0.25) is 14.2 Å². The van der Waals surface area contributed by atoms with Gasteiger partial charge in [0.25, 0.3) is 0 Å². The van der Waals surface area contributed by atoms with E-state index in [-0.39, 0.29) is 29.5 Å². The summed E-state index contributed by atoms with van der Waals surface area (Å²) in [6.45, 7) is 7.63. The summed E-state index contributed by atoms with van der Waals surface area (Å²) >= 11 is 1.22. The molecule has 2 fully saturated rings. The van der Waals surface area contributed by atoms with Crippen molar-refractivity contribution < 1.29 is 23.1 Å². The van der Waals surface area contributed by atoms with Gasteiger partial charge < -0.3 is 25.4 Å². The van der Waals surface area contributed by atoms with Crippen molar-refractivity contribution in [2.45, 2.75) is 48.7 Å². The quantitative estimate of drug-likeness (QED) is 0.371. The molecular weight excluding hydrogens is 540 g/mol. The maximum absolute atomic E-state index is 13.4. The van der Waals surface area contributed by atoms with Crippen LogP contribution in [0, 0.1) is 13.8 Å². The van der Waals surface area contributed by atoms with Crippen LogP contribution in [0.25, 0.3) is 11.4 Å². The number of ether oxygens (including phenoxy) is 1. The van der Waals surface area contributed by atoms with Gasteiger partial charge in [-0.2, -0.15) is 0 Å². The Morgan fingerprint density at radius 1 is 1.21 bits per heavy atom. The molecule has 11 nitrogen and oxygen atoms in total. The number of benzene rings is 1. The smallest absolute Gasteiger partial charge is 0.319 e. The van der Waals surface area contributed by atoms with Gasteiger partial charge in [0.15, 0.2) is 5.82 Å². The second-order valence-electron chi connectivity index (χ2n) is 9.82. The molecule has 2 aromatic heterocycles. The highest BCUT2D eigenvalue weighted by atomic mass is 32.2. The molecular formula is C26H32N6O5S2. The predicted molar refractivity (Wildman–Crippen MR) is 149 cm³/mol. The summed E-state index contributed by atoms with van der Waals surface area (Å²) < 4.78 is 32.5. The summed E-state index contributed by atoms with van der Waals surface area (Å²) in [5, 5.41) is 13.6. The number of aliphatic hydroxyl groups excluding tert-OH is 1. The van der Waals surface area contributed by atoms with Crippen LogP contribution in [0.1, 0.15) is 35.5 Å². The molecule has 1 aliphatic carbocycles. The fourth-order valence-corrected chi connectivity index (χ4v) is 7.96. The number of nitrogens with zero attached hydrogens (tertiary/aromatic N) is 4. The Balaban J connectivity index is 1.44. The lowest BCUT2D eigenvalue weighted by Crippen LogP contribution is -2.44. The van der Waals surface area contributed by atoms with Crippen molar-refractivity contribution in [2.24, 2.45) is 0 Å². The van der Waals surface area contributed by atoms with Gasteiger partial charge >= 0.3 is 6.03 Å². The molecule has 3 heterocycles. The minimum absolute atomic E-state index is 0.110. The van der Waals surface area contributed by atoms with E-state index >= 15 is 0 Å². The van der Waals surface area contributed by atoms with Crippen LogP contribution in [0.4, 0.5) is 16.3 Å². The molecule has 1 saturated carbocycles. The molecule has 13 heteroatoms. The molecule has 2 unspecified atom stereocenters. The topological polar surface area (TPSA) is 147 Å². The van der Waals surface area contributed by atoms with Crippen LogP contribution in [-0.4, -0.2) is 78.7 Å². The normalized spacial score (nSPS) is 21.0. The first-order chi connectivity index (χ1) is 18.7. The maximum atomic E-state index is 13.4. The fourth-order valence-electron chi connectivity index (χ4n) is 4.55. The zero-order chi connectivity index (χ0) is 27.7. The molecule has 0 spiro atoms. The summed E-state index contributed by atoms with van der Waals surface area (Å²) in [5.74, 6) is 0.981. The van der Waals surface area contributed by atoms with Crippen molar-refractivity contribution in [3.8, 4) is 11.4 Å². The van der Waals surface area contributed by atoms with Crippen LogP contribution in [0.3, 0.4) is 0 Å². The number of carbonyl (C=O) groups is 1. The number of hydrogen-bond donors (Lipinski definition) is 3. The molecule has 1 saturated heterocycles. The van der Waals surface area contributed by atoms with Gasteiger partial charge in [-0.1, -0.05) is 0 Å². The van der Waals surface area contributed by atoms with E-state index in [1.165, 1.54) is 11.3 Å². The first-order valence-electron chi connectivity index (χ1n) is 12.8. The van der Waals surface area contributed by atoms with Crippen molar-refractivity contribution in [1.29, 1.82) is 0 Å². The van der Waals surface area contributed by atoms with Crippen LogP contribution >= 0.6 is 11.3 Å². The van der Waals surface area contributed by atoms with E-state index < -0.39 is 21.1 Å². The predicted octanol–water partition coefficient (Wildman–Crippen LogP) is 2.89. The number of anilines is 2. The average molecular weight is 573 g/mol. The summed E-state index contributed by atoms with van der Waals surface area (Å²) in [7, 11) is -3.56. The number of aromatic nitrogens is 3. The molecule has 0 radical (unpaired) electrons. The number of sulfone groups is 1. The van der Waals surface area contributed by atoms with Crippen LogP contribution in [0.2, 0.25) is 0 Å². The average Bonchev–Trinajstić information content (AvgIpc) is 3.67. The molecule has 0 bridgehead atoms. The number of morpholine rings is 1. The van der Waals surface area contributed by atoms with Crippen molar-refractivity contribution in [3.63, 3.8) is 0 Å². The monoisotopic (exact) mass is 572 g/mol. The van der Waals surface area contributed by atoms with E-state index in [9.17, 15) is 13.2 Å². The third-order valence-electron chi connectivity index (χ3n) is 6.96. The number of thiazole rings is 1. The van der Waals surface area contributed by atoms with E-state index in [0.717, 1.165) is 22.0 Å². The number of aliphatic hydroxyl groups is 1. The summed E-state index contributed by atoms with van der Waals surface area (Å²) in [6.07, 6.45) is 0.486. The molecule has 2 aliphatic rings. The highest BCUT2D eigenvalue weighted by molar-refractivity contribution is 7.94. The Morgan fingerprint density at radius 3 is 2.64 bits per heavy atom. The lowest BCUT2D eigenvalue weighted by molar-refractivity contribution is 0.0985. The minimum Gasteiger partial charge on any atom is -0.395 e.